The van der Waals surface area contributed by atoms with Gasteiger partial charge >= 0.3 is 0 Å². The molecule has 0 saturated carbocycles. The molecule has 1 aromatic carbocycles. The molecule has 1 aliphatic heterocycles. The first kappa shape index (κ1) is 13.2. The maximum absolute atomic E-state index is 6.01. The van der Waals surface area contributed by atoms with Gasteiger partial charge in [-0.05, 0) is 36.6 Å². The zero-order valence-corrected chi connectivity index (χ0v) is 12.3. The molecule has 2 nitrogen and oxygen atoms in total. The zero-order valence-electron chi connectivity index (χ0n) is 9.96. The number of hydrogen-bond donors (Lipinski definition) is 0. The standard InChI is InChI=1S/C13H17BrClNO/c1-17-12-3-2-6-16(9-12)13-5-4-11(14)7-10(13)8-15/h4-5,7,12H,2-3,6,8-9H2,1H3. The van der Waals surface area contributed by atoms with Crippen LogP contribution in [0.4, 0.5) is 5.69 Å². The second-order valence-electron chi connectivity index (χ2n) is 4.35. The van der Waals surface area contributed by atoms with Crippen LogP contribution in [0.15, 0.2) is 22.7 Å². The van der Waals surface area contributed by atoms with E-state index >= 15 is 0 Å². The summed E-state index contributed by atoms with van der Waals surface area (Å²) in [5.74, 6) is 0.545. The lowest BCUT2D eigenvalue weighted by atomic mass is 10.1. The maximum Gasteiger partial charge on any atom is 0.0746 e. The normalized spacial score (nSPS) is 20.6. The number of nitrogens with zero attached hydrogens (tertiary/aromatic N) is 1. The Labute approximate surface area is 116 Å². The van der Waals surface area contributed by atoms with E-state index in [2.05, 4.69) is 39.0 Å². The number of anilines is 1. The summed E-state index contributed by atoms with van der Waals surface area (Å²) in [6.45, 7) is 2.05. The first-order valence-corrected chi connectivity index (χ1v) is 7.19. The molecule has 1 aromatic rings. The van der Waals surface area contributed by atoms with Gasteiger partial charge in [-0.25, -0.2) is 0 Å². The Morgan fingerprint density at radius 2 is 2.35 bits per heavy atom. The number of methoxy groups -OCH3 is 1. The first-order valence-electron chi connectivity index (χ1n) is 5.86. The number of alkyl halides is 1. The first-order chi connectivity index (χ1) is 8.24. The summed E-state index contributed by atoms with van der Waals surface area (Å²) in [5.41, 5.74) is 2.42. The Hall–Kier alpha value is -0.250. The fourth-order valence-electron chi connectivity index (χ4n) is 2.32. The number of benzene rings is 1. The van der Waals surface area contributed by atoms with Crippen LogP contribution < -0.4 is 4.90 Å². The fourth-order valence-corrected chi connectivity index (χ4v) is 2.94. The van der Waals surface area contributed by atoms with Gasteiger partial charge < -0.3 is 9.64 Å². The molecule has 1 heterocycles. The molecule has 0 amide bonds. The van der Waals surface area contributed by atoms with Gasteiger partial charge in [0.1, 0.15) is 0 Å². The minimum atomic E-state index is 0.343. The van der Waals surface area contributed by atoms with Crippen LogP contribution in [0.1, 0.15) is 18.4 Å². The number of hydrogen-bond acceptors (Lipinski definition) is 2. The molecule has 0 aliphatic carbocycles. The number of ether oxygens (including phenoxy) is 1. The third kappa shape index (κ3) is 3.15. The lowest BCUT2D eigenvalue weighted by Gasteiger charge is -2.34. The van der Waals surface area contributed by atoms with Crippen LogP contribution in [0.3, 0.4) is 0 Å². The Morgan fingerprint density at radius 3 is 3.06 bits per heavy atom. The lowest BCUT2D eigenvalue weighted by molar-refractivity contribution is 0.0893. The van der Waals surface area contributed by atoms with Crippen molar-refractivity contribution in [2.75, 3.05) is 25.1 Å². The van der Waals surface area contributed by atoms with Crippen molar-refractivity contribution in [1.29, 1.82) is 0 Å². The molecule has 0 spiro atoms. The van der Waals surface area contributed by atoms with Crippen LogP contribution in [0.2, 0.25) is 0 Å². The summed E-state index contributed by atoms with van der Waals surface area (Å²) < 4.78 is 6.54. The van der Waals surface area contributed by atoms with Crippen molar-refractivity contribution < 1.29 is 4.74 Å². The van der Waals surface area contributed by atoms with E-state index < -0.39 is 0 Å². The van der Waals surface area contributed by atoms with Crippen LogP contribution in [-0.4, -0.2) is 26.3 Å². The largest absolute Gasteiger partial charge is 0.380 e. The predicted octanol–water partition coefficient (Wildman–Crippen LogP) is 3.80. The molecule has 17 heavy (non-hydrogen) atoms. The summed E-state index contributed by atoms with van der Waals surface area (Å²) in [6, 6.07) is 6.31. The quantitative estimate of drug-likeness (QED) is 0.786. The molecule has 1 unspecified atom stereocenters. The van der Waals surface area contributed by atoms with Crippen molar-refractivity contribution in [1.82, 2.24) is 0 Å². The van der Waals surface area contributed by atoms with E-state index in [1.165, 1.54) is 17.7 Å². The third-order valence-corrected chi connectivity index (χ3v) is 4.02. The van der Waals surface area contributed by atoms with Gasteiger partial charge in [0.2, 0.25) is 0 Å². The second-order valence-corrected chi connectivity index (χ2v) is 5.54. The van der Waals surface area contributed by atoms with Crippen molar-refractivity contribution in [2.24, 2.45) is 0 Å². The van der Waals surface area contributed by atoms with E-state index in [4.69, 9.17) is 16.3 Å². The number of halogens is 2. The van der Waals surface area contributed by atoms with Gasteiger partial charge in [0, 0.05) is 36.2 Å². The van der Waals surface area contributed by atoms with E-state index in [1.807, 2.05) is 0 Å². The Balaban J connectivity index is 2.20. The van der Waals surface area contributed by atoms with E-state index in [0.29, 0.717) is 12.0 Å². The van der Waals surface area contributed by atoms with Gasteiger partial charge in [-0.15, -0.1) is 11.6 Å². The van der Waals surface area contributed by atoms with Crippen LogP contribution in [-0.2, 0) is 10.6 Å². The highest BCUT2D eigenvalue weighted by Gasteiger charge is 2.21. The highest BCUT2D eigenvalue weighted by atomic mass is 79.9. The van der Waals surface area contributed by atoms with Gasteiger partial charge in [-0.3, -0.25) is 0 Å². The highest BCUT2D eigenvalue weighted by molar-refractivity contribution is 9.10. The van der Waals surface area contributed by atoms with Crippen LogP contribution in [0.5, 0.6) is 0 Å². The van der Waals surface area contributed by atoms with Crippen molar-refractivity contribution in [3.63, 3.8) is 0 Å². The minimum absolute atomic E-state index is 0.343. The van der Waals surface area contributed by atoms with Gasteiger partial charge in [0.05, 0.1) is 6.10 Å². The zero-order chi connectivity index (χ0) is 12.3. The monoisotopic (exact) mass is 317 g/mol. The lowest BCUT2D eigenvalue weighted by Crippen LogP contribution is -2.39. The molecule has 0 radical (unpaired) electrons. The van der Waals surface area contributed by atoms with E-state index in [-0.39, 0.29) is 0 Å². The van der Waals surface area contributed by atoms with Gasteiger partial charge in [0.15, 0.2) is 0 Å². The van der Waals surface area contributed by atoms with Crippen molar-refractivity contribution in [3.8, 4) is 0 Å². The van der Waals surface area contributed by atoms with Crippen molar-refractivity contribution in [2.45, 2.75) is 24.8 Å². The molecule has 2 rings (SSSR count). The minimum Gasteiger partial charge on any atom is -0.380 e. The molecule has 1 aliphatic rings. The Bertz CT molecular complexity index is 386. The van der Waals surface area contributed by atoms with Gasteiger partial charge in [-0.1, -0.05) is 15.9 Å². The summed E-state index contributed by atoms with van der Waals surface area (Å²) in [7, 11) is 1.79. The SMILES string of the molecule is COC1CCCN(c2ccc(Br)cc2CCl)C1. The third-order valence-electron chi connectivity index (χ3n) is 3.24. The summed E-state index contributed by atoms with van der Waals surface area (Å²) in [6.07, 6.45) is 2.67. The average molecular weight is 319 g/mol. The van der Waals surface area contributed by atoms with E-state index in [0.717, 1.165) is 24.0 Å². The summed E-state index contributed by atoms with van der Waals surface area (Å²) in [4.78, 5) is 2.38. The van der Waals surface area contributed by atoms with Crippen LogP contribution >= 0.6 is 27.5 Å². The summed E-state index contributed by atoms with van der Waals surface area (Å²) in [5, 5.41) is 0. The van der Waals surface area contributed by atoms with E-state index in [9.17, 15) is 0 Å². The molecule has 1 atom stereocenters. The molecule has 1 saturated heterocycles. The predicted molar refractivity (Wildman–Crippen MR) is 75.9 cm³/mol. The molecule has 94 valence electrons. The number of piperidine rings is 1. The van der Waals surface area contributed by atoms with Crippen molar-refractivity contribution >= 4 is 33.2 Å². The topological polar surface area (TPSA) is 12.5 Å². The maximum atomic E-state index is 6.01. The van der Waals surface area contributed by atoms with E-state index in [1.54, 1.807) is 7.11 Å². The summed E-state index contributed by atoms with van der Waals surface area (Å²) >= 11 is 9.50. The molecule has 1 fully saturated rings. The van der Waals surface area contributed by atoms with Crippen LogP contribution in [0, 0.1) is 0 Å². The fraction of sp³-hybridized carbons (Fsp3) is 0.538. The Kier molecular flexibility index (Phi) is 4.71. The van der Waals surface area contributed by atoms with Crippen molar-refractivity contribution in [3.05, 3.63) is 28.2 Å². The molecule has 0 bridgehead atoms. The molecule has 0 aromatic heterocycles. The Morgan fingerprint density at radius 1 is 1.53 bits per heavy atom. The van der Waals surface area contributed by atoms with Crippen LogP contribution in [0.25, 0.3) is 0 Å². The molecular formula is C13H17BrClNO. The smallest absolute Gasteiger partial charge is 0.0746 e. The van der Waals surface area contributed by atoms with Gasteiger partial charge in [-0.2, -0.15) is 0 Å². The average Bonchev–Trinajstić information content (AvgIpc) is 2.38. The molecule has 4 heteroatoms. The second kappa shape index (κ2) is 6.07. The molecule has 0 N–H and O–H groups in total. The highest BCUT2D eigenvalue weighted by Crippen LogP contribution is 2.28. The van der Waals surface area contributed by atoms with Gasteiger partial charge in [0.25, 0.3) is 0 Å². The number of rotatable bonds is 3. The molecular weight excluding hydrogens is 302 g/mol.